The lowest BCUT2D eigenvalue weighted by Crippen LogP contribution is -2.30. The number of carboxylic acid groups (broad SMARTS) is 1. The number of carbonyl (C=O) groups is 2. The highest BCUT2D eigenvalue weighted by Gasteiger charge is 2.34. The van der Waals surface area contributed by atoms with E-state index >= 15 is 0 Å². The fourth-order valence-electron chi connectivity index (χ4n) is 2.29. The summed E-state index contributed by atoms with van der Waals surface area (Å²) >= 11 is 0. The topological polar surface area (TPSA) is 54.4 Å². The van der Waals surface area contributed by atoms with E-state index in [4.69, 9.17) is 5.11 Å². The van der Waals surface area contributed by atoms with Crippen LogP contribution in [-0.4, -0.2) is 16.9 Å². The zero-order valence-corrected chi connectivity index (χ0v) is 8.93. The largest absolute Gasteiger partial charge is 0.481 e. The van der Waals surface area contributed by atoms with E-state index in [1.54, 1.807) is 0 Å². The summed E-state index contributed by atoms with van der Waals surface area (Å²) in [5.74, 6) is -1.70. The molecule has 1 saturated carbocycles. The average molecular weight is 218 g/mol. The zero-order chi connectivity index (χ0) is 11.5. The van der Waals surface area contributed by atoms with Gasteiger partial charge in [-0.1, -0.05) is 30.3 Å². The molecule has 1 N–H and O–H groups in total. The van der Waals surface area contributed by atoms with Gasteiger partial charge in [0.15, 0.2) is 0 Å². The first kappa shape index (κ1) is 10.9. The first-order valence-electron chi connectivity index (χ1n) is 5.49. The van der Waals surface area contributed by atoms with Gasteiger partial charge in [0.1, 0.15) is 11.7 Å². The second-order valence-corrected chi connectivity index (χ2v) is 4.24. The lowest BCUT2D eigenvalue weighted by atomic mass is 9.77. The molecule has 2 rings (SSSR count). The van der Waals surface area contributed by atoms with E-state index in [9.17, 15) is 9.59 Å². The molecular weight excluding hydrogens is 204 g/mol. The van der Waals surface area contributed by atoms with Crippen LogP contribution in [0.1, 0.15) is 30.7 Å². The van der Waals surface area contributed by atoms with Gasteiger partial charge in [-0.2, -0.15) is 0 Å². The minimum atomic E-state index is -0.981. The predicted octanol–water partition coefficient (Wildman–Crippen LogP) is 2.22. The fraction of sp³-hybridized carbons (Fsp3) is 0.385. The number of benzene rings is 1. The second-order valence-electron chi connectivity index (χ2n) is 4.24. The minimum Gasteiger partial charge on any atom is -0.481 e. The van der Waals surface area contributed by atoms with Gasteiger partial charge in [-0.05, 0) is 24.3 Å². The Hall–Kier alpha value is -1.64. The van der Waals surface area contributed by atoms with Crippen molar-refractivity contribution in [3.8, 4) is 0 Å². The summed E-state index contributed by atoms with van der Waals surface area (Å²) in [6.07, 6.45) is 1.60. The number of aliphatic carboxylic acids is 1. The fourth-order valence-corrected chi connectivity index (χ4v) is 2.29. The summed E-state index contributed by atoms with van der Waals surface area (Å²) in [4.78, 5) is 22.4. The Bertz CT molecular complexity index is 397. The number of carboxylic acids is 1. The van der Waals surface area contributed by atoms with E-state index in [-0.39, 0.29) is 11.7 Å². The van der Waals surface area contributed by atoms with Crippen LogP contribution in [0.3, 0.4) is 0 Å². The van der Waals surface area contributed by atoms with E-state index in [0.717, 1.165) is 12.0 Å². The normalized spacial score (nSPS) is 25.4. The quantitative estimate of drug-likeness (QED) is 0.774. The molecule has 0 aliphatic heterocycles. The lowest BCUT2D eigenvalue weighted by Gasteiger charge is -2.25. The summed E-state index contributed by atoms with van der Waals surface area (Å²) in [5.41, 5.74) is 1.14. The molecule has 2 unspecified atom stereocenters. The van der Waals surface area contributed by atoms with Gasteiger partial charge in [0.05, 0.1) is 0 Å². The maximum absolute atomic E-state index is 11.4. The average Bonchev–Trinajstić information content (AvgIpc) is 2.30. The van der Waals surface area contributed by atoms with Crippen LogP contribution in [0.4, 0.5) is 0 Å². The Morgan fingerprint density at radius 2 is 1.94 bits per heavy atom. The molecule has 1 aromatic carbocycles. The monoisotopic (exact) mass is 218 g/mol. The van der Waals surface area contributed by atoms with Crippen LogP contribution in [0, 0.1) is 5.92 Å². The van der Waals surface area contributed by atoms with Crippen molar-refractivity contribution in [1.29, 1.82) is 0 Å². The third-order valence-corrected chi connectivity index (χ3v) is 3.22. The maximum Gasteiger partial charge on any atom is 0.314 e. The molecule has 0 saturated heterocycles. The van der Waals surface area contributed by atoms with E-state index in [1.165, 1.54) is 0 Å². The first-order valence-corrected chi connectivity index (χ1v) is 5.49. The molecule has 3 heteroatoms. The number of carbonyl (C=O) groups excluding carboxylic acids is 1. The molecule has 1 aromatic rings. The molecule has 0 bridgehead atoms. The van der Waals surface area contributed by atoms with Crippen molar-refractivity contribution in [3.05, 3.63) is 35.9 Å². The minimum absolute atomic E-state index is 0.125. The molecule has 2 atom stereocenters. The van der Waals surface area contributed by atoms with Crippen LogP contribution in [0.2, 0.25) is 0 Å². The number of hydrogen-bond donors (Lipinski definition) is 1. The van der Waals surface area contributed by atoms with Gasteiger partial charge in [0.25, 0.3) is 0 Å². The number of rotatable bonds is 2. The predicted molar refractivity (Wildman–Crippen MR) is 59.2 cm³/mol. The molecule has 1 aliphatic carbocycles. The van der Waals surface area contributed by atoms with Crippen LogP contribution in [-0.2, 0) is 9.59 Å². The standard InChI is InChI=1S/C13H14O3/c14-12-7-6-10(8-11(12)13(15)16)9-4-2-1-3-5-9/h1-5,10-11H,6-8H2,(H,15,16). The summed E-state index contributed by atoms with van der Waals surface area (Å²) < 4.78 is 0. The lowest BCUT2D eigenvalue weighted by molar-refractivity contribution is -0.147. The van der Waals surface area contributed by atoms with Crippen molar-refractivity contribution >= 4 is 11.8 Å². The summed E-state index contributed by atoms with van der Waals surface area (Å²) in [5, 5.41) is 8.95. The van der Waals surface area contributed by atoms with Crippen LogP contribution in [0.5, 0.6) is 0 Å². The Balaban J connectivity index is 2.15. The van der Waals surface area contributed by atoms with Crippen molar-refractivity contribution in [2.75, 3.05) is 0 Å². The Labute approximate surface area is 94.1 Å². The number of Topliss-reactive ketones (excluding diaryl/α,β-unsaturated/α-hetero) is 1. The SMILES string of the molecule is O=C(O)C1CC(c2ccccc2)CCC1=O. The van der Waals surface area contributed by atoms with Crippen molar-refractivity contribution in [2.45, 2.75) is 25.2 Å². The third kappa shape index (κ3) is 2.13. The van der Waals surface area contributed by atoms with Gasteiger partial charge in [-0.3, -0.25) is 9.59 Å². The van der Waals surface area contributed by atoms with Crippen LogP contribution < -0.4 is 0 Å². The molecule has 0 heterocycles. The van der Waals surface area contributed by atoms with Crippen molar-refractivity contribution in [1.82, 2.24) is 0 Å². The first-order chi connectivity index (χ1) is 7.68. The number of hydrogen-bond acceptors (Lipinski definition) is 2. The highest BCUT2D eigenvalue weighted by atomic mass is 16.4. The maximum atomic E-state index is 11.4. The van der Waals surface area contributed by atoms with E-state index in [1.807, 2.05) is 30.3 Å². The molecule has 16 heavy (non-hydrogen) atoms. The molecule has 0 amide bonds. The second kappa shape index (κ2) is 4.47. The van der Waals surface area contributed by atoms with Gasteiger partial charge < -0.3 is 5.11 Å². The molecule has 1 aliphatic rings. The smallest absolute Gasteiger partial charge is 0.314 e. The molecular formula is C13H14O3. The van der Waals surface area contributed by atoms with E-state index in [0.29, 0.717) is 12.8 Å². The van der Waals surface area contributed by atoms with Gasteiger partial charge in [0, 0.05) is 6.42 Å². The van der Waals surface area contributed by atoms with Gasteiger partial charge in [-0.25, -0.2) is 0 Å². The molecule has 0 radical (unpaired) electrons. The molecule has 1 fully saturated rings. The Morgan fingerprint density at radius 1 is 1.25 bits per heavy atom. The van der Waals surface area contributed by atoms with Gasteiger partial charge in [0.2, 0.25) is 0 Å². The van der Waals surface area contributed by atoms with E-state index in [2.05, 4.69) is 0 Å². The molecule has 0 spiro atoms. The number of ketones is 1. The van der Waals surface area contributed by atoms with Crippen molar-refractivity contribution in [2.24, 2.45) is 5.92 Å². The Kier molecular flexibility index (Phi) is 3.04. The van der Waals surface area contributed by atoms with Crippen LogP contribution in [0.15, 0.2) is 30.3 Å². The third-order valence-electron chi connectivity index (χ3n) is 3.22. The highest BCUT2D eigenvalue weighted by molar-refractivity contribution is 5.98. The zero-order valence-electron chi connectivity index (χ0n) is 8.93. The van der Waals surface area contributed by atoms with Gasteiger partial charge in [-0.15, -0.1) is 0 Å². The molecule has 0 aromatic heterocycles. The van der Waals surface area contributed by atoms with Crippen LogP contribution in [0.25, 0.3) is 0 Å². The highest BCUT2D eigenvalue weighted by Crippen LogP contribution is 2.34. The summed E-state index contributed by atoms with van der Waals surface area (Å²) in [6, 6.07) is 9.83. The summed E-state index contributed by atoms with van der Waals surface area (Å²) in [7, 11) is 0. The molecule has 3 nitrogen and oxygen atoms in total. The van der Waals surface area contributed by atoms with Crippen LogP contribution >= 0.6 is 0 Å². The van der Waals surface area contributed by atoms with Crippen molar-refractivity contribution < 1.29 is 14.7 Å². The van der Waals surface area contributed by atoms with Gasteiger partial charge >= 0.3 is 5.97 Å². The Morgan fingerprint density at radius 3 is 2.56 bits per heavy atom. The summed E-state index contributed by atoms with van der Waals surface area (Å²) in [6.45, 7) is 0. The van der Waals surface area contributed by atoms with E-state index < -0.39 is 11.9 Å². The van der Waals surface area contributed by atoms with Crippen molar-refractivity contribution in [3.63, 3.8) is 0 Å². The molecule has 84 valence electrons.